The monoisotopic (exact) mass is 556 g/mol. The number of carbonyl (C=O) groups excluding carboxylic acids is 2. The van der Waals surface area contributed by atoms with Gasteiger partial charge in [-0.15, -0.1) is 11.3 Å². The van der Waals surface area contributed by atoms with Crippen LogP contribution >= 0.6 is 35.3 Å². The van der Waals surface area contributed by atoms with Gasteiger partial charge in [0.1, 0.15) is 4.32 Å². The second-order valence-electron chi connectivity index (χ2n) is 7.39. The van der Waals surface area contributed by atoms with Crippen LogP contribution in [-0.4, -0.2) is 41.0 Å². The van der Waals surface area contributed by atoms with Crippen LogP contribution in [0.5, 0.6) is 0 Å². The lowest BCUT2D eigenvalue weighted by Gasteiger charge is -2.14. The maximum Gasteiger partial charge on any atom is 0.266 e. The Hall–Kier alpha value is -3.32. The molecule has 2 amide bonds. The van der Waals surface area contributed by atoms with Gasteiger partial charge in [0.15, 0.2) is 5.13 Å². The number of thiocarbonyl (C=S) groups is 1. The first-order valence-electron chi connectivity index (χ1n) is 10.6. The molecule has 0 saturated carbocycles. The normalized spacial score (nSPS) is 15.1. The van der Waals surface area contributed by atoms with Gasteiger partial charge in [-0.3, -0.25) is 19.2 Å². The summed E-state index contributed by atoms with van der Waals surface area (Å²) in [5.41, 5.74) is 1.45. The fraction of sp³-hybridized carbons (Fsp3) is 0.0833. The van der Waals surface area contributed by atoms with Gasteiger partial charge in [0, 0.05) is 30.2 Å². The summed E-state index contributed by atoms with van der Waals surface area (Å²) in [4.78, 5) is 31.0. The van der Waals surface area contributed by atoms with E-state index < -0.39 is 10.0 Å². The van der Waals surface area contributed by atoms with Crippen LogP contribution in [0.15, 0.2) is 88.1 Å². The molecular weight excluding hydrogens is 537 g/mol. The summed E-state index contributed by atoms with van der Waals surface area (Å²) in [5.74, 6) is -0.564. The topological polar surface area (TPSA) is 108 Å². The SMILES string of the molecule is O=C(CCN1C(=O)/C(=C/C=C/c2ccccc2)SC1=S)Nc1ccc(S(=O)(=O)Nc2nccs2)cc1. The molecule has 0 spiro atoms. The van der Waals surface area contributed by atoms with Crippen LogP contribution in [0.2, 0.25) is 0 Å². The van der Waals surface area contributed by atoms with Gasteiger partial charge in [0.05, 0.1) is 9.80 Å². The zero-order valence-corrected chi connectivity index (χ0v) is 21.9. The van der Waals surface area contributed by atoms with Gasteiger partial charge in [-0.2, -0.15) is 0 Å². The van der Waals surface area contributed by atoms with Crippen molar-refractivity contribution in [2.75, 3.05) is 16.6 Å². The van der Waals surface area contributed by atoms with Crippen LogP contribution in [0.4, 0.5) is 10.8 Å². The van der Waals surface area contributed by atoms with E-state index in [9.17, 15) is 18.0 Å². The van der Waals surface area contributed by atoms with Gasteiger partial charge in [-0.25, -0.2) is 13.4 Å². The van der Waals surface area contributed by atoms with Gasteiger partial charge in [0.25, 0.3) is 15.9 Å². The average molecular weight is 557 g/mol. The minimum atomic E-state index is -3.78. The smallest absolute Gasteiger partial charge is 0.266 e. The highest BCUT2D eigenvalue weighted by atomic mass is 32.2. The quantitative estimate of drug-likeness (QED) is 0.290. The predicted octanol–water partition coefficient (Wildman–Crippen LogP) is 4.73. The molecule has 0 unspecified atom stereocenters. The molecule has 0 radical (unpaired) electrons. The van der Waals surface area contributed by atoms with Crippen molar-refractivity contribution in [1.82, 2.24) is 9.88 Å². The molecule has 2 aromatic carbocycles. The molecule has 1 aliphatic heterocycles. The highest BCUT2D eigenvalue weighted by molar-refractivity contribution is 8.26. The number of thioether (sulfide) groups is 1. The van der Waals surface area contributed by atoms with Crippen LogP contribution in [0.3, 0.4) is 0 Å². The Kier molecular flexibility index (Phi) is 8.31. The van der Waals surface area contributed by atoms with Gasteiger partial charge in [-0.05, 0) is 35.9 Å². The highest BCUT2D eigenvalue weighted by Gasteiger charge is 2.31. The van der Waals surface area contributed by atoms with Crippen molar-refractivity contribution in [3.63, 3.8) is 0 Å². The molecule has 0 bridgehead atoms. The third-order valence-electron chi connectivity index (χ3n) is 4.87. The van der Waals surface area contributed by atoms with E-state index in [1.54, 1.807) is 17.5 Å². The van der Waals surface area contributed by atoms with Crippen LogP contribution in [0.25, 0.3) is 6.08 Å². The molecule has 184 valence electrons. The summed E-state index contributed by atoms with van der Waals surface area (Å²) in [7, 11) is -3.78. The molecule has 36 heavy (non-hydrogen) atoms. The molecule has 2 N–H and O–H groups in total. The van der Waals surface area contributed by atoms with E-state index in [1.165, 1.54) is 58.5 Å². The number of rotatable bonds is 9. The number of amides is 2. The number of hydrogen-bond donors (Lipinski definition) is 2. The summed E-state index contributed by atoms with van der Waals surface area (Å²) in [6.07, 6.45) is 6.94. The molecule has 3 aromatic rings. The lowest BCUT2D eigenvalue weighted by molar-refractivity contribution is -0.122. The molecule has 0 aliphatic carbocycles. The molecule has 12 heteroatoms. The molecule has 0 atom stereocenters. The lowest BCUT2D eigenvalue weighted by atomic mass is 10.2. The van der Waals surface area contributed by atoms with E-state index in [1.807, 2.05) is 36.4 Å². The summed E-state index contributed by atoms with van der Waals surface area (Å²) in [6.45, 7) is 0.139. The van der Waals surface area contributed by atoms with E-state index in [0.29, 0.717) is 14.9 Å². The molecular formula is C24H20N4O4S4. The number of benzene rings is 2. The summed E-state index contributed by atoms with van der Waals surface area (Å²) in [5, 5.41) is 4.64. The molecule has 2 heterocycles. The zero-order chi connectivity index (χ0) is 25.5. The number of sulfonamides is 1. The first-order chi connectivity index (χ1) is 17.3. The molecule has 1 saturated heterocycles. The maximum absolute atomic E-state index is 12.7. The number of allylic oxidation sites excluding steroid dienone is 2. The minimum absolute atomic E-state index is 0.0330. The maximum atomic E-state index is 12.7. The number of nitrogens with one attached hydrogen (secondary N) is 2. The molecule has 8 nitrogen and oxygen atoms in total. The van der Waals surface area contributed by atoms with Crippen LogP contribution < -0.4 is 10.0 Å². The van der Waals surface area contributed by atoms with Gasteiger partial charge in [0.2, 0.25) is 5.91 Å². The summed E-state index contributed by atoms with van der Waals surface area (Å²) >= 11 is 7.68. The second-order valence-corrected chi connectivity index (χ2v) is 11.6. The Balaban J connectivity index is 1.29. The second kappa shape index (κ2) is 11.6. The first kappa shape index (κ1) is 25.8. The number of hydrogen-bond acceptors (Lipinski definition) is 8. The van der Waals surface area contributed by atoms with Gasteiger partial charge >= 0.3 is 0 Å². The fourth-order valence-corrected chi connectivity index (χ4v) is 6.17. The van der Waals surface area contributed by atoms with Crippen LogP contribution in [0.1, 0.15) is 12.0 Å². The fourth-order valence-electron chi connectivity index (χ4n) is 3.12. The Morgan fingerprint density at radius 3 is 2.56 bits per heavy atom. The molecule has 1 fully saturated rings. The molecule has 1 aromatic heterocycles. The number of anilines is 2. The van der Waals surface area contributed by atoms with Crippen molar-refractivity contribution in [2.24, 2.45) is 0 Å². The first-order valence-corrected chi connectivity index (χ1v) is 14.2. The lowest BCUT2D eigenvalue weighted by Crippen LogP contribution is -2.31. The highest BCUT2D eigenvalue weighted by Crippen LogP contribution is 2.31. The number of aromatic nitrogens is 1. The number of carbonyl (C=O) groups is 2. The molecule has 1 aliphatic rings. The Labute approximate surface area is 222 Å². The van der Waals surface area contributed by atoms with E-state index in [0.717, 1.165) is 5.56 Å². The van der Waals surface area contributed by atoms with Crippen molar-refractivity contribution in [3.8, 4) is 0 Å². The van der Waals surface area contributed by atoms with E-state index in [4.69, 9.17) is 12.2 Å². The summed E-state index contributed by atoms with van der Waals surface area (Å²) in [6, 6.07) is 15.5. The Morgan fingerprint density at radius 2 is 1.86 bits per heavy atom. The van der Waals surface area contributed by atoms with Crippen molar-refractivity contribution >= 4 is 78.4 Å². The Bertz CT molecular complexity index is 1420. The third-order valence-corrected chi connectivity index (χ3v) is 8.44. The van der Waals surface area contributed by atoms with E-state index in [-0.39, 0.29) is 34.8 Å². The third kappa shape index (κ3) is 6.66. The van der Waals surface area contributed by atoms with Crippen LogP contribution in [-0.2, 0) is 19.6 Å². The van der Waals surface area contributed by atoms with Crippen molar-refractivity contribution in [3.05, 3.63) is 88.8 Å². The van der Waals surface area contributed by atoms with E-state index >= 15 is 0 Å². The minimum Gasteiger partial charge on any atom is -0.326 e. The van der Waals surface area contributed by atoms with Gasteiger partial charge < -0.3 is 5.32 Å². The number of nitrogens with zero attached hydrogens (tertiary/aromatic N) is 2. The summed E-state index contributed by atoms with van der Waals surface area (Å²) < 4.78 is 27.6. The standard InChI is InChI=1S/C24H20N4O4S4/c29-21(26-18-9-11-19(12-10-18)36(31,32)27-23-25-14-16-34-23)13-15-28-22(30)20(35-24(28)33)8-4-7-17-5-2-1-3-6-17/h1-12,14,16H,13,15H2,(H,25,27)(H,26,29)/b7-4+,20-8-. The van der Waals surface area contributed by atoms with E-state index in [2.05, 4.69) is 15.0 Å². The number of thiazole rings is 1. The molecule has 4 rings (SSSR count). The Morgan fingerprint density at radius 1 is 1.11 bits per heavy atom. The van der Waals surface area contributed by atoms with Crippen molar-refractivity contribution in [2.45, 2.75) is 11.3 Å². The average Bonchev–Trinajstić information content (AvgIpc) is 3.46. The zero-order valence-electron chi connectivity index (χ0n) is 18.7. The van der Waals surface area contributed by atoms with Crippen molar-refractivity contribution < 1.29 is 18.0 Å². The van der Waals surface area contributed by atoms with Gasteiger partial charge in [-0.1, -0.05) is 66.5 Å². The van der Waals surface area contributed by atoms with Crippen molar-refractivity contribution in [1.29, 1.82) is 0 Å². The predicted molar refractivity (Wildman–Crippen MR) is 148 cm³/mol. The van der Waals surface area contributed by atoms with Crippen LogP contribution in [0, 0.1) is 0 Å². The largest absolute Gasteiger partial charge is 0.326 e.